The molecule has 0 aromatic carbocycles. The van der Waals surface area contributed by atoms with Crippen molar-refractivity contribution >= 4 is 0 Å². The van der Waals surface area contributed by atoms with Gasteiger partial charge in [0.15, 0.2) is 0 Å². The van der Waals surface area contributed by atoms with E-state index in [-0.39, 0.29) is 0 Å². The fourth-order valence-corrected chi connectivity index (χ4v) is 8.04. The minimum absolute atomic E-state index is 0.526. The molecule has 1 rings (SSSR count). The molecule has 0 saturated heterocycles. The highest BCUT2D eigenvalue weighted by atomic mass is 14.5. The van der Waals surface area contributed by atoms with E-state index in [1.54, 1.807) is 0 Å². The summed E-state index contributed by atoms with van der Waals surface area (Å²) in [5, 5.41) is 0. The molecule has 0 heterocycles. The second-order valence-electron chi connectivity index (χ2n) is 12.3. The van der Waals surface area contributed by atoms with Crippen molar-refractivity contribution in [2.75, 3.05) is 0 Å². The second-order valence-corrected chi connectivity index (χ2v) is 12.3. The van der Waals surface area contributed by atoms with E-state index in [9.17, 15) is 0 Å². The van der Waals surface area contributed by atoms with Crippen molar-refractivity contribution in [3.8, 4) is 0 Å². The number of rotatable bonds is 16. The van der Waals surface area contributed by atoms with E-state index in [2.05, 4.69) is 69.2 Å². The molecular formula is C30H60. The average molecular weight is 421 g/mol. The third-order valence-electron chi connectivity index (χ3n) is 9.93. The van der Waals surface area contributed by atoms with E-state index in [0.29, 0.717) is 10.8 Å². The van der Waals surface area contributed by atoms with Crippen LogP contribution < -0.4 is 0 Å². The van der Waals surface area contributed by atoms with Gasteiger partial charge in [-0.1, -0.05) is 127 Å². The SMILES string of the molecule is CCC(CCCCCCC(C)(CC)C(C(C)C)C(C)C)CC1C(C)CC1(CC)CC. The zero-order chi connectivity index (χ0) is 22.9. The molecule has 0 aromatic heterocycles. The lowest BCUT2D eigenvalue weighted by molar-refractivity contribution is -0.0565. The van der Waals surface area contributed by atoms with Gasteiger partial charge in [-0.05, 0) is 65.6 Å². The van der Waals surface area contributed by atoms with Crippen LogP contribution >= 0.6 is 0 Å². The van der Waals surface area contributed by atoms with Crippen molar-refractivity contribution in [1.82, 2.24) is 0 Å². The van der Waals surface area contributed by atoms with Gasteiger partial charge in [0, 0.05) is 0 Å². The summed E-state index contributed by atoms with van der Waals surface area (Å²) in [7, 11) is 0. The first-order valence-corrected chi connectivity index (χ1v) is 14.1. The molecule has 30 heavy (non-hydrogen) atoms. The molecule has 0 nitrogen and oxygen atoms in total. The lowest BCUT2D eigenvalue weighted by Gasteiger charge is -2.55. The molecule has 180 valence electrons. The second kappa shape index (κ2) is 12.9. The lowest BCUT2D eigenvalue weighted by atomic mass is 9.50. The Morgan fingerprint density at radius 1 is 0.867 bits per heavy atom. The van der Waals surface area contributed by atoms with Gasteiger partial charge in [-0.3, -0.25) is 0 Å². The van der Waals surface area contributed by atoms with Gasteiger partial charge >= 0.3 is 0 Å². The van der Waals surface area contributed by atoms with Crippen molar-refractivity contribution in [1.29, 1.82) is 0 Å². The maximum Gasteiger partial charge on any atom is -0.0269 e. The van der Waals surface area contributed by atoms with Gasteiger partial charge in [0.05, 0.1) is 0 Å². The fourth-order valence-electron chi connectivity index (χ4n) is 8.04. The zero-order valence-electron chi connectivity index (χ0n) is 22.9. The van der Waals surface area contributed by atoms with Gasteiger partial charge < -0.3 is 0 Å². The minimum atomic E-state index is 0.526. The molecular weight excluding hydrogens is 360 g/mol. The summed E-state index contributed by atoms with van der Waals surface area (Å²) >= 11 is 0. The molecule has 4 atom stereocenters. The molecule has 0 radical (unpaired) electrons. The van der Waals surface area contributed by atoms with Crippen molar-refractivity contribution in [3.05, 3.63) is 0 Å². The first-order chi connectivity index (χ1) is 14.1. The van der Waals surface area contributed by atoms with Crippen LogP contribution in [-0.2, 0) is 0 Å². The largest absolute Gasteiger partial charge is 0.0651 e. The molecule has 4 unspecified atom stereocenters. The summed E-state index contributed by atoms with van der Waals surface area (Å²) in [4.78, 5) is 0. The Kier molecular flexibility index (Phi) is 12.0. The number of hydrogen-bond donors (Lipinski definition) is 0. The van der Waals surface area contributed by atoms with Gasteiger partial charge in [-0.15, -0.1) is 0 Å². The highest BCUT2D eigenvalue weighted by Gasteiger charge is 2.49. The maximum absolute atomic E-state index is 2.58. The third-order valence-corrected chi connectivity index (χ3v) is 9.93. The molecule has 0 bridgehead atoms. The summed E-state index contributed by atoms with van der Waals surface area (Å²) in [5.41, 5.74) is 1.22. The molecule has 1 aliphatic carbocycles. The van der Waals surface area contributed by atoms with Gasteiger partial charge in [0.1, 0.15) is 0 Å². The zero-order valence-corrected chi connectivity index (χ0v) is 22.9. The summed E-state index contributed by atoms with van der Waals surface area (Å²) in [6.45, 7) is 24.6. The average Bonchev–Trinajstić information content (AvgIpc) is 2.69. The van der Waals surface area contributed by atoms with E-state index < -0.39 is 0 Å². The molecule has 0 heteroatoms. The van der Waals surface area contributed by atoms with Crippen LogP contribution in [0.2, 0.25) is 0 Å². The van der Waals surface area contributed by atoms with Crippen molar-refractivity contribution < 1.29 is 0 Å². The van der Waals surface area contributed by atoms with Crippen LogP contribution in [0.4, 0.5) is 0 Å². The number of hydrogen-bond acceptors (Lipinski definition) is 0. The van der Waals surface area contributed by atoms with Crippen LogP contribution in [0.5, 0.6) is 0 Å². The van der Waals surface area contributed by atoms with Gasteiger partial charge in [0.2, 0.25) is 0 Å². The van der Waals surface area contributed by atoms with E-state index in [4.69, 9.17) is 0 Å². The van der Waals surface area contributed by atoms with E-state index in [1.807, 2.05) is 0 Å². The Hall–Kier alpha value is 0. The topological polar surface area (TPSA) is 0 Å². The van der Waals surface area contributed by atoms with Gasteiger partial charge in [-0.2, -0.15) is 0 Å². The first kappa shape index (κ1) is 28.0. The highest BCUT2D eigenvalue weighted by molar-refractivity contribution is 4.98. The van der Waals surface area contributed by atoms with Crippen LogP contribution in [0.3, 0.4) is 0 Å². The van der Waals surface area contributed by atoms with Crippen molar-refractivity contribution in [2.45, 2.75) is 146 Å². The first-order valence-electron chi connectivity index (χ1n) is 14.1. The quantitative estimate of drug-likeness (QED) is 0.218. The van der Waals surface area contributed by atoms with E-state index >= 15 is 0 Å². The third kappa shape index (κ3) is 7.00. The summed E-state index contributed by atoms with van der Waals surface area (Å²) in [5.74, 6) is 5.41. The Bertz CT molecular complexity index is 435. The van der Waals surface area contributed by atoms with Crippen LogP contribution in [0.25, 0.3) is 0 Å². The summed E-state index contributed by atoms with van der Waals surface area (Å²) in [6.07, 6.45) is 17.2. The molecule has 0 aliphatic heterocycles. The molecule has 0 N–H and O–H groups in total. The molecule has 1 aliphatic rings. The van der Waals surface area contributed by atoms with Crippen LogP contribution in [-0.4, -0.2) is 0 Å². The minimum Gasteiger partial charge on any atom is -0.0651 e. The Morgan fingerprint density at radius 3 is 1.87 bits per heavy atom. The predicted octanol–water partition coefficient (Wildman–Crippen LogP) is 10.6. The van der Waals surface area contributed by atoms with Crippen LogP contribution in [0.15, 0.2) is 0 Å². The monoisotopic (exact) mass is 420 g/mol. The summed E-state index contributed by atoms with van der Waals surface area (Å²) in [6, 6.07) is 0. The number of unbranched alkanes of at least 4 members (excludes halogenated alkanes) is 3. The van der Waals surface area contributed by atoms with E-state index in [1.165, 1.54) is 77.0 Å². The van der Waals surface area contributed by atoms with Crippen LogP contribution in [0.1, 0.15) is 146 Å². The normalized spacial score (nSPS) is 24.3. The predicted molar refractivity (Wildman–Crippen MR) is 138 cm³/mol. The molecule has 1 fully saturated rings. The smallest absolute Gasteiger partial charge is 0.0269 e. The standard InChI is InChI=1S/C30H60/c1-11-26(21-27-25(9)22-30(27,13-3)14-4)19-17-15-16-18-20-29(10,12-2)28(23(5)6)24(7)8/h23-28H,11-22H2,1-10H3. The molecule has 0 aromatic rings. The van der Waals surface area contributed by atoms with Crippen molar-refractivity contribution in [3.63, 3.8) is 0 Å². The highest BCUT2D eigenvalue weighted by Crippen LogP contribution is 2.58. The molecule has 0 amide bonds. The Labute approximate surface area is 192 Å². The maximum atomic E-state index is 2.58. The van der Waals surface area contributed by atoms with E-state index in [0.717, 1.165) is 35.5 Å². The molecule has 0 spiro atoms. The van der Waals surface area contributed by atoms with Gasteiger partial charge in [0.25, 0.3) is 0 Å². The van der Waals surface area contributed by atoms with Gasteiger partial charge in [-0.25, -0.2) is 0 Å². The lowest BCUT2D eigenvalue weighted by Crippen LogP contribution is -2.46. The fraction of sp³-hybridized carbons (Fsp3) is 1.00. The summed E-state index contributed by atoms with van der Waals surface area (Å²) < 4.78 is 0. The van der Waals surface area contributed by atoms with Crippen molar-refractivity contribution in [2.24, 2.45) is 46.3 Å². The van der Waals surface area contributed by atoms with Crippen LogP contribution in [0, 0.1) is 46.3 Å². The Balaban J connectivity index is 2.39. The molecule has 1 saturated carbocycles. The Morgan fingerprint density at radius 2 is 1.43 bits per heavy atom.